The van der Waals surface area contributed by atoms with Crippen molar-refractivity contribution in [3.8, 4) is 0 Å². The molecule has 0 bridgehead atoms. The zero-order valence-corrected chi connectivity index (χ0v) is 13.8. The van der Waals surface area contributed by atoms with E-state index in [9.17, 15) is 13.2 Å². The van der Waals surface area contributed by atoms with Crippen LogP contribution in [0.3, 0.4) is 0 Å². The SMILES string of the molecule is CS(=O)(=O)N1CCN(C(=O)c2csc3c2CCCC3)CC1. The summed E-state index contributed by atoms with van der Waals surface area (Å²) in [5.41, 5.74) is 2.09. The maximum Gasteiger partial charge on any atom is 0.255 e. The maximum atomic E-state index is 12.7. The Morgan fingerprint density at radius 2 is 1.81 bits per heavy atom. The van der Waals surface area contributed by atoms with Gasteiger partial charge in [-0.1, -0.05) is 0 Å². The van der Waals surface area contributed by atoms with Gasteiger partial charge in [0.2, 0.25) is 10.0 Å². The zero-order chi connectivity index (χ0) is 15.0. The Hall–Kier alpha value is -0.920. The van der Waals surface area contributed by atoms with Crippen molar-refractivity contribution in [2.75, 3.05) is 32.4 Å². The fourth-order valence-electron chi connectivity index (χ4n) is 3.07. The molecule has 2 heterocycles. The van der Waals surface area contributed by atoms with E-state index < -0.39 is 10.0 Å². The van der Waals surface area contributed by atoms with Crippen LogP contribution >= 0.6 is 11.3 Å². The van der Waals surface area contributed by atoms with Gasteiger partial charge in [-0.25, -0.2) is 8.42 Å². The zero-order valence-electron chi connectivity index (χ0n) is 12.2. The smallest absolute Gasteiger partial charge is 0.255 e. The third-order valence-corrected chi connectivity index (χ3v) is 6.68. The predicted octanol–water partition coefficient (Wildman–Crippen LogP) is 1.34. The second-order valence-electron chi connectivity index (χ2n) is 5.71. The topological polar surface area (TPSA) is 57.7 Å². The number of piperazine rings is 1. The van der Waals surface area contributed by atoms with E-state index in [2.05, 4.69) is 0 Å². The van der Waals surface area contributed by atoms with E-state index >= 15 is 0 Å². The summed E-state index contributed by atoms with van der Waals surface area (Å²) < 4.78 is 24.5. The van der Waals surface area contributed by atoms with E-state index in [4.69, 9.17) is 0 Å². The average molecular weight is 328 g/mol. The van der Waals surface area contributed by atoms with Crippen LogP contribution in [-0.4, -0.2) is 56.0 Å². The van der Waals surface area contributed by atoms with E-state index in [1.165, 1.54) is 27.4 Å². The van der Waals surface area contributed by atoms with Gasteiger partial charge in [0.1, 0.15) is 0 Å². The molecule has 0 N–H and O–H groups in total. The number of hydrogen-bond donors (Lipinski definition) is 0. The summed E-state index contributed by atoms with van der Waals surface area (Å²) in [6, 6.07) is 0. The van der Waals surface area contributed by atoms with Crippen LogP contribution in [-0.2, 0) is 22.9 Å². The van der Waals surface area contributed by atoms with Crippen molar-refractivity contribution in [1.29, 1.82) is 0 Å². The molecule has 1 aromatic heterocycles. The molecule has 3 rings (SSSR count). The molecule has 0 aromatic carbocycles. The predicted molar refractivity (Wildman–Crippen MR) is 83.3 cm³/mol. The first kappa shape index (κ1) is 15.0. The number of thiophene rings is 1. The molecule has 116 valence electrons. The Labute approximate surface area is 129 Å². The van der Waals surface area contributed by atoms with Crippen molar-refractivity contribution >= 4 is 27.3 Å². The van der Waals surface area contributed by atoms with Crippen LogP contribution < -0.4 is 0 Å². The number of amides is 1. The van der Waals surface area contributed by atoms with Gasteiger partial charge in [-0.05, 0) is 31.2 Å². The molecule has 7 heteroatoms. The first-order valence-electron chi connectivity index (χ1n) is 7.30. The molecule has 5 nitrogen and oxygen atoms in total. The van der Waals surface area contributed by atoms with Gasteiger partial charge in [-0.3, -0.25) is 4.79 Å². The van der Waals surface area contributed by atoms with Crippen LogP contribution in [0.5, 0.6) is 0 Å². The molecule has 0 atom stereocenters. The molecule has 1 saturated heterocycles. The number of fused-ring (bicyclic) bond motifs is 1. The second-order valence-corrected chi connectivity index (χ2v) is 8.66. The van der Waals surface area contributed by atoms with Crippen LogP contribution in [0.1, 0.15) is 33.6 Å². The highest BCUT2D eigenvalue weighted by Gasteiger charge is 2.29. The molecule has 0 unspecified atom stereocenters. The molecular weight excluding hydrogens is 308 g/mol. The minimum Gasteiger partial charge on any atom is -0.336 e. The molecule has 1 aromatic rings. The van der Waals surface area contributed by atoms with E-state index in [0.29, 0.717) is 26.2 Å². The Kier molecular flexibility index (Phi) is 4.07. The third kappa shape index (κ3) is 3.00. The van der Waals surface area contributed by atoms with Crippen LogP contribution in [0, 0.1) is 0 Å². The van der Waals surface area contributed by atoms with Gasteiger partial charge in [0.25, 0.3) is 5.91 Å². The molecular formula is C14H20N2O3S2. The van der Waals surface area contributed by atoms with Crippen LogP contribution in [0.4, 0.5) is 0 Å². The lowest BCUT2D eigenvalue weighted by Gasteiger charge is -2.33. The number of aryl methyl sites for hydroxylation is 1. The minimum atomic E-state index is -3.15. The van der Waals surface area contributed by atoms with Crippen molar-refractivity contribution in [3.63, 3.8) is 0 Å². The quantitative estimate of drug-likeness (QED) is 0.823. The molecule has 1 aliphatic heterocycles. The third-order valence-electron chi connectivity index (χ3n) is 4.29. The summed E-state index contributed by atoms with van der Waals surface area (Å²) in [5, 5.41) is 1.99. The normalized spacial score (nSPS) is 20.3. The number of rotatable bonds is 2. The standard InChI is InChI=1S/C14H20N2O3S2/c1-21(18,19)16-8-6-15(7-9-16)14(17)12-10-20-13-5-3-2-4-11(12)13/h10H,2-9H2,1H3. The summed E-state index contributed by atoms with van der Waals surface area (Å²) in [6.07, 6.45) is 5.69. The van der Waals surface area contributed by atoms with Crippen LogP contribution in [0.2, 0.25) is 0 Å². The lowest BCUT2D eigenvalue weighted by Crippen LogP contribution is -2.50. The largest absolute Gasteiger partial charge is 0.336 e. The van der Waals surface area contributed by atoms with E-state index in [-0.39, 0.29) is 5.91 Å². The summed E-state index contributed by atoms with van der Waals surface area (Å²) >= 11 is 1.70. The van der Waals surface area contributed by atoms with Gasteiger partial charge < -0.3 is 4.90 Å². The van der Waals surface area contributed by atoms with Crippen molar-refractivity contribution in [3.05, 3.63) is 21.4 Å². The first-order valence-corrected chi connectivity index (χ1v) is 10.0. The van der Waals surface area contributed by atoms with Gasteiger partial charge >= 0.3 is 0 Å². The average Bonchev–Trinajstić information content (AvgIpc) is 2.90. The number of carbonyl (C=O) groups is 1. The molecule has 1 amide bonds. The van der Waals surface area contributed by atoms with Crippen molar-refractivity contribution < 1.29 is 13.2 Å². The van der Waals surface area contributed by atoms with Gasteiger partial charge in [0, 0.05) is 36.4 Å². The van der Waals surface area contributed by atoms with Gasteiger partial charge in [-0.15, -0.1) is 11.3 Å². The molecule has 2 aliphatic rings. The van der Waals surface area contributed by atoms with Crippen molar-refractivity contribution in [2.24, 2.45) is 0 Å². The van der Waals surface area contributed by atoms with Crippen LogP contribution in [0.25, 0.3) is 0 Å². The number of hydrogen-bond acceptors (Lipinski definition) is 4. The van der Waals surface area contributed by atoms with E-state index in [1.54, 1.807) is 16.2 Å². The maximum absolute atomic E-state index is 12.7. The summed E-state index contributed by atoms with van der Waals surface area (Å²) in [7, 11) is -3.15. The fourth-order valence-corrected chi connectivity index (χ4v) is 5.01. The highest BCUT2D eigenvalue weighted by molar-refractivity contribution is 7.88. The second kappa shape index (κ2) is 5.70. The Morgan fingerprint density at radius 3 is 2.48 bits per heavy atom. The summed E-state index contributed by atoms with van der Waals surface area (Å²) in [4.78, 5) is 15.8. The molecule has 0 radical (unpaired) electrons. The highest BCUT2D eigenvalue weighted by atomic mass is 32.2. The first-order chi connectivity index (χ1) is 9.97. The monoisotopic (exact) mass is 328 g/mol. The minimum absolute atomic E-state index is 0.0718. The number of nitrogens with zero attached hydrogens (tertiary/aromatic N) is 2. The summed E-state index contributed by atoms with van der Waals surface area (Å²) in [5.74, 6) is 0.0718. The molecule has 1 aliphatic carbocycles. The van der Waals surface area contributed by atoms with Gasteiger partial charge in [-0.2, -0.15) is 4.31 Å². The number of carbonyl (C=O) groups excluding carboxylic acids is 1. The lowest BCUT2D eigenvalue weighted by atomic mass is 9.95. The van der Waals surface area contributed by atoms with Crippen LogP contribution in [0.15, 0.2) is 5.38 Å². The molecule has 0 saturated carbocycles. The van der Waals surface area contributed by atoms with Gasteiger partial charge in [0.15, 0.2) is 0 Å². The molecule has 21 heavy (non-hydrogen) atoms. The lowest BCUT2D eigenvalue weighted by molar-refractivity contribution is 0.0697. The van der Waals surface area contributed by atoms with Gasteiger partial charge in [0.05, 0.1) is 11.8 Å². The number of sulfonamides is 1. The van der Waals surface area contributed by atoms with Crippen molar-refractivity contribution in [2.45, 2.75) is 25.7 Å². The van der Waals surface area contributed by atoms with Crippen molar-refractivity contribution in [1.82, 2.24) is 9.21 Å². The Morgan fingerprint density at radius 1 is 1.14 bits per heavy atom. The Bertz CT molecular complexity index is 643. The fraction of sp³-hybridized carbons (Fsp3) is 0.643. The molecule has 0 spiro atoms. The Balaban J connectivity index is 1.71. The van der Waals surface area contributed by atoms with E-state index in [1.807, 2.05) is 5.38 Å². The molecule has 1 fully saturated rings. The van der Waals surface area contributed by atoms with E-state index in [0.717, 1.165) is 24.8 Å². The highest BCUT2D eigenvalue weighted by Crippen LogP contribution is 2.31. The summed E-state index contributed by atoms with van der Waals surface area (Å²) in [6.45, 7) is 1.76.